The molecule has 2 saturated heterocycles. The number of anilines is 2. The Morgan fingerprint density at radius 1 is 0.750 bits per heavy atom. The van der Waals surface area contributed by atoms with Gasteiger partial charge < -0.3 is 14.4 Å². The van der Waals surface area contributed by atoms with E-state index in [0.29, 0.717) is 5.56 Å². The summed E-state index contributed by atoms with van der Waals surface area (Å²) in [6.45, 7) is 4.98. The van der Waals surface area contributed by atoms with Gasteiger partial charge in [0.15, 0.2) is 5.82 Å². The van der Waals surface area contributed by atoms with Crippen LogP contribution in [0.25, 0.3) is 11.0 Å². The lowest BCUT2D eigenvalue weighted by atomic mass is 10.1. The first-order valence-corrected chi connectivity index (χ1v) is 12.2. The minimum Gasteiger partial charge on any atom is -0.355 e. The van der Waals surface area contributed by atoms with Crippen LogP contribution < -0.4 is 9.80 Å². The summed E-state index contributed by atoms with van der Waals surface area (Å²) in [7, 11) is 0. The van der Waals surface area contributed by atoms with Crippen LogP contribution >= 0.6 is 0 Å². The Bertz CT molecular complexity index is 1080. The minimum atomic E-state index is 0.696. The topological polar surface area (TPSA) is 61.0 Å². The molecule has 0 N–H and O–H groups in total. The Hall–Kier alpha value is -3.07. The SMILES string of the molecule is N#Cc1ccc(Cn2ccc3nc(N4CCCCCC4)nc(N4CCCCCC4)c32)cc1. The van der Waals surface area contributed by atoms with Crippen LogP contribution in [0.3, 0.4) is 0 Å². The number of benzene rings is 1. The molecule has 2 aliphatic heterocycles. The lowest BCUT2D eigenvalue weighted by Gasteiger charge is -2.26. The number of aromatic nitrogens is 3. The number of fused-ring (bicyclic) bond motifs is 1. The average molecular weight is 429 g/mol. The predicted octanol–water partition coefficient (Wildman–Crippen LogP) is 5.11. The molecule has 0 spiro atoms. The molecule has 6 nitrogen and oxygen atoms in total. The summed E-state index contributed by atoms with van der Waals surface area (Å²) < 4.78 is 2.28. The van der Waals surface area contributed by atoms with E-state index in [0.717, 1.165) is 55.5 Å². The van der Waals surface area contributed by atoms with Crippen molar-refractivity contribution in [3.63, 3.8) is 0 Å². The first-order chi connectivity index (χ1) is 15.8. The number of hydrogen-bond acceptors (Lipinski definition) is 5. The van der Waals surface area contributed by atoms with Gasteiger partial charge in [-0.15, -0.1) is 0 Å². The number of rotatable bonds is 4. The van der Waals surface area contributed by atoms with Crippen LogP contribution in [0.4, 0.5) is 11.8 Å². The standard InChI is InChI=1S/C26H32N6/c27-19-21-9-11-22(12-10-21)20-32-18-13-23-24(32)25(30-14-5-1-2-6-15-30)29-26(28-23)31-16-7-3-4-8-17-31/h9-13,18H,1-8,14-17,20H2. The normalized spacial score (nSPS) is 17.7. The van der Waals surface area contributed by atoms with Gasteiger partial charge in [-0.3, -0.25) is 0 Å². The van der Waals surface area contributed by atoms with E-state index in [-0.39, 0.29) is 0 Å². The lowest BCUT2D eigenvalue weighted by molar-refractivity contribution is 0.726. The molecule has 0 saturated carbocycles. The van der Waals surface area contributed by atoms with Crippen molar-refractivity contribution < 1.29 is 0 Å². The monoisotopic (exact) mass is 428 g/mol. The van der Waals surface area contributed by atoms with E-state index in [1.165, 1.54) is 56.9 Å². The van der Waals surface area contributed by atoms with Gasteiger partial charge in [0.25, 0.3) is 0 Å². The smallest absolute Gasteiger partial charge is 0.228 e. The van der Waals surface area contributed by atoms with Crippen LogP contribution in [0.15, 0.2) is 36.5 Å². The van der Waals surface area contributed by atoms with Gasteiger partial charge in [-0.05, 0) is 49.4 Å². The van der Waals surface area contributed by atoms with Gasteiger partial charge in [0.05, 0.1) is 17.1 Å². The Kier molecular flexibility index (Phi) is 6.24. The molecule has 166 valence electrons. The molecule has 5 rings (SSSR count). The molecular formula is C26H32N6. The van der Waals surface area contributed by atoms with Gasteiger partial charge in [-0.25, -0.2) is 4.98 Å². The highest BCUT2D eigenvalue weighted by Gasteiger charge is 2.22. The van der Waals surface area contributed by atoms with Gasteiger partial charge in [-0.2, -0.15) is 10.2 Å². The third-order valence-electron chi connectivity index (χ3n) is 6.81. The van der Waals surface area contributed by atoms with Crippen LogP contribution in [0.5, 0.6) is 0 Å². The van der Waals surface area contributed by atoms with Crippen molar-refractivity contribution in [1.82, 2.24) is 14.5 Å². The van der Waals surface area contributed by atoms with E-state index in [1.807, 2.05) is 24.3 Å². The van der Waals surface area contributed by atoms with Crippen molar-refractivity contribution in [2.45, 2.75) is 57.9 Å². The largest absolute Gasteiger partial charge is 0.355 e. The fraction of sp³-hybridized carbons (Fsp3) is 0.500. The molecule has 2 aliphatic rings. The summed E-state index contributed by atoms with van der Waals surface area (Å²) in [5, 5.41) is 9.10. The molecule has 0 unspecified atom stereocenters. The molecule has 2 fully saturated rings. The average Bonchev–Trinajstić information content (AvgIpc) is 3.05. The summed E-state index contributed by atoms with van der Waals surface area (Å²) in [4.78, 5) is 15.1. The second-order valence-corrected chi connectivity index (χ2v) is 9.14. The highest BCUT2D eigenvalue weighted by molar-refractivity contribution is 5.88. The molecule has 0 bridgehead atoms. The van der Waals surface area contributed by atoms with Crippen LogP contribution in [-0.4, -0.2) is 40.7 Å². The minimum absolute atomic E-state index is 0.696. The first kappa shape index (κ1) is 20.8. The zero-order valence-corrected chi connectivity index (χ0v) is 18.8. The van der Waals surface area contributed by atoms with Crippen LogP contribution in [0.2, 0.25) is 0 Å². The lowest BCUT2D eigenvalue weighted by Crippen LogP contribution is -2.29. The van der Waals surface area contributed by atoms with Crippen molar-refractivity contribution in [1.29, 1.82) is 5.26 Å². The zero-order valence-electron chi connectivity index (χ0n) is 18.8. The number of nitriles is 1. The van der Waals surface area contributed by atoms with Crippen molar-refractivity contribution in [3.8, 4) is 6.07 Å². The van der Waals surface area contributed by atoms with Crippen LogP contribution in [0, 0.1) is 11.3 Å². The predicted molar refractivity (Wildman–Crippen MR) is 129 cm³/mol. The zero-order chi connectivity index (χ0) is 21.8. The second kappa shape index (κ2) is 9.60. The molecule has 1 aromatic carbocycles. The third-order valence-corrected chi connectivity index (χ3v) is 6.81. The highest BCUT2D eigenvalue weighted by atomic mass is 15.3. The Morgan fingerprint density at radius 2 is 1.38 bits per heavy atom. The third kappa shape index (κ3) is 4.43. The van der Waals surface area contributed by atoms with E-state index in [4.69, 9.17) is 15.2 Å². The maximum absolute atomic E-state index is 9.10. The summed E-state index contributed by atoms with van der Waals surface area (Å²) >= 11 is 0. The van der Waals surface area contributed by atoms with E-state index in [9.17, 15) is 0 Å². The van der Waals surface area contributed by atoms with Crippen LogP contribution in [0.1, 0.15) is 62.5 Å². The molecule has 2 aromatic heterocycles. The molecule has 32 heavy (non-hydrogen) atoms. The molecule has 3 aromatic rings. The highest BCUT2D eigenvalue weighted by Crippen LogP contribution is 2.31. The van der Waals surface area contributed by atoms with Gasteiger partial charge in [0, 0.05) is 38.9 Å². The molecule has 6 heteroatoms. The maximum Gasteiger partial charge on any atom is 0.228 e. The Labute approximate surface area is 190 Å². The van der Waals surface area contributed by atoms with E-state index >= 15 is 0 Å². The van der Waals surface area contributed by atoms with Crippen LogP contribution in [-0.2, 0) is 6.54 Å². The first-order valence-electron chi connectivity index (χ1n) is 12.2. The van der Waals surface area contributed by atoms with Crippen molar-refractivity contribution in [2.24, 2.45) is 0 Å². The summed E-state index contributed by atoms with van der Waals surface area (Å²) in [6, 6.07) is 12.2. The fourth-order valence-electron chi connectivity index (χ4n) is 5.00. The molecular weight excluding hydrogens is 396 g/mol. The molecule has 4 heterocycles. The summed E-state index contributed by atoms with van der Waals surface area (Å²) in [5.41, 5.74) is 4.05. The van der Waals surface area contributed by atoms with E-state index in [2.05, 4.69) is 32.7 Å². The van der Waals surface area contributed by atoms with Crippen molar-refractivity contribution in [3.05, 3.63) is 47.7 Å². The van der Waals surface area contributed by atoms with Gasteiger partial charge in [0.1, 0.15) is 5.52 Å². The molecule has 0 atom stereocenters. The Morgan fingerprint density at radius 3 is 2.00 bits per heavy atom. The summed E-state index contributed by atoms with van der Waals surface area (Å²) in [5.74, 6) is 1.99. The van der Waals surface area contributed by atoms with Crippen molar-refractivity contribution >= 4 is 22.8 Å². The van der Waals surface area contributed by atoms with Gasteiger partial charge in [-0.1, -0.05) is 37.8 Å². The molecule has 0 amide bonds. The maximum atomic E-state index is 9.10. The van der Waals surface area contributed by atoms with Gasteiger partial charge >= 0.3 is 0 Å². The summed E-state index contributed by atoms with van der Waals surface area (Å²) in [6.07, 6.45) is 12.2. The van der Waals surface area contributed by atoms with E-state index in [1.54, 1.807) is 0 Å². The van der Waals surface area contributed by atoms with E-state index < -0.39 is 0 Å². The number of hydrogen-bond donors (Lipinski definition) is 0. The molecule has 0 radical (unpaired) electrons. The van der Waals surface area contributed by atoms with Gasteiger partial charge in [0.2, 0.25) is 5.95 Å². The molecule has 0 aliphatic carbocycles. The second-order valence-electron chi connectivity index (χ2n) is 9.14. The van der Waals surface area contributed by atoms with Crippen molar-refractivity contribution in [2.75, 3.05) is 36.0 Å². The quantitative estimate of drug-likeness (QED) is 0.578. The number of nitrogens with zero attached hydrogens (tertiary/aromatic N) is 6. The fourth-order valence-corrected chi connectivity index (χ4v) is 5.00. The Balaban J connectivity index is 1.55.